The molecule has 2 N–H and O–H groups in total. The summed E-state index contributed by atoms with van der Waals surface area (Å²) >= 11 is 3.44. The standard InChI is InChI=1S/C10H13BrN4O/c11-8-9(12)13-5-14-10(8)15-3-6-1-2-7(4-15)16-6/h5-7H,1-4H2,(H2,12,13,14). The molecule has 0 spiro atoms. The van der Waals surface area contributed by atoms with Crippen molar-refractivity contribution < 1.29 is 4.74 Å². The molecule has 2 saturated heterocycles. The molecule has 2 aliphatic heterocycles. The minimum Gasteiger partial charge on any atom is -0.383 e. The Bertz CT molecular complexity index is 402. The van der Waals surface area contributed by atoms with E-state index < -0.39 is 0 Å². The number of nitrogen functional groups attached to an aromatic ring is 1. The molecule has 3 heterocycles. The second kappa shape index (κ2) is 3.85. The third kappa shape index (κ3) is 1.66. The predicted octanol–water partition coefficient (Wildman–Crippen LogP) is 1.19. The summed E-state index contributed by atoms with van der Waals surface area (Å²) in [4.78, 5) is 10.5. The summed E-state index contributed by atoms with van der Waals surface area (Å²) in [5.41, 5.74) is 5.76. The summed E-state index contributed by atoms with van der Waals surface area (Å²) in [5.74, 6) is 1.37. The number of rotatable bonds is 1. The SMILES string of the molecule is Nc1ncnc(N2CC3CCC(C2)O3)c1Br. The Morgan fingerprint density at radius 2 is 2.00 bits per heavy atom. The van der Waals surface area contributed by atoms with E-state index >= 15 is 0 Å². The number of nitrogens with two attached hydrogens (primary N) is 1. The number of fused-ring (bicyclic) bond motifs is 2. The number of hydrogen-bond acceptors (Lipinski definition) is 5. The van der Waals surface area contributed by atoms with E-state index in [0.29, 0.717) is 18.0 Å². The molecule has 1 aromatic heterocycles. The Morgan fingerprint density at radius 1 is 1.31 bits per heavy atom. The van der Waals surface area contributed by atoms with Crippen molar-refractivity contribution in [1.29, 1.82) is 0 Å². The molecule has 2 atom stereocenters. The Hall–Kier alpha value is -0.880. The van der Waals surface area contributed by atoms with E-state index in [-0.39, 0.29) is 0 Å². The average Bonchev–Trinajstić information content (AvgIpc) is 2.62. The lowest BCUT2D eigenvalue weighted by atomic mass is 10.2. The number of ether oxygens (including phenoxy) is 1. The summed E-state index contributed by atoms with van der Waals surface area (Å²) in [7, 11) is 0. The van der Waals surface area contributed by atoms with Gasteiger partial charge in [-0.1, -0.05) is 0 Å². The maximum Gasteiger partial charge on any atom is 0.148 e. The highest BCUT2D eigenvalue weighted by molar-refractivity contribution is 9.10. The molecule has 1 aromatic rings. The number of anilines is 2. The van der Waals surface area contributed by atoms with E-state index in [2.05, 4.69) is 30.8 Å². The zero-order chi connectivity index (χ0) is 11.1. The van der Waals surface area contributed by atoms with Gasteiger partial charge in [-0.25, -0.2) is 9.97 Å². The summed E-state index contributed by atoms with van der Waals surface area (Å²) in [6.45, 7) is 1.79. The third-order valence-corrected chi connectivity index (χ3v) is 3.90. The number of morpholine rings is 1. The second-order valence-corrected chi connectivity index (χ2v) is 5.05. The quantitative estimate of drug-likeness (QED) is 0.839. The topological polar surface area (TPSA) is 64.3 Å². The molecular weight excluding hydrogens is 272 g/mol. The molecule has 0 saturated carbocycles. The van der Waals surface area contributed by atoms with E-state index in [1.807, 2.05) is 0 Å². The van der Waals surface area contributed by atoms with Crippen molar-refractivity contribution in [2.75, 3.05) is 23.7 Å². The molecule has 3 rings (SSSR count). The normalized spacial score (nSPS) is 28.4. The van der Waals surface area contributed by atoms with Gasteiger partial charge in [-0.2, -0.15) is 0 Å². The van der Waals surface area contributed by atoms with Crippen LogP contribution < -0.4 is 10.6 Å². The zero-order valence-corrected chi connectivity index (χ0v) is 10.4. The van der Waals surface area contributed by atoms with Gasteiger partial charge in [-0.3, -0.25) is 0 Å². The van der Waals surface area contributed by atoms with Crippen LogP contribution in [0.25, 0.3) is 0 Å². The van der Waals surface area contributed by atoms with Crippen LogP contribution in [0, 0.1) is 0 Å². The lowest BCUT2D eigenvalue weighted by Crippen LogP contribution is -2.43. The average molecular weight is 285 g/mol. The summed E-state index contributed by atoms with van der Waals surface area (Å²) in [6, 6.07) is 0. The second-order valence-electron chi connectivity index (χ2n) is 4.26. The van der Waals surface area contributed by atoms with Gasteiger partial charge in [-0.15, -0.1) is 0 Å². The first-order chi connectivity index (χ1) is 7.74. The fourth-order valence-electron chi connectivity index (χ4n) is 2.38. The molecule has 2 fully saturated rings. The molecule has 0 aliphatic carbocycles. The number of nitrogens with zero attached hydrogens (tertiary/aromatic N) is 3. The molecule has 2 unspecified atom stereocenters. The molecule has 6 heteroatoms. The Balaban J connectivity index is 1.89. The highest BCUT2D eigenvalue weighted by Gasteiger charge is 2.34. The van der Waals surface area contributed by atoms with Crippen LogP contribution in [0.4, 0.5) is 11.6 Å². The van der Waals surface area contributed by atoms with E-state index in [9.17, 15) is 0 Å². The van der Waals surface area contributed by atoms with E-state index in [1.54, 1.807) is 0 Å². The van der Waals surface area contributed by atoms with Gasteiger partial charge in [0.1, 0.15) is 22.4 Å². The van der Waals surface area contributed by atoms with Crippen LogP contribution in [-0.2, 0) is 4.74 Å². The van der Waals surface area contributed by atoms with Gasteiger partial charge in [0.05, 0.1) is 12.2 Å². The summed E-state index contributed by atoms with van der Waals surface area (Å²) in [6.07, 6.45) is 4.51. The summed E-state index contributed by atoms with van der Waals surface area (Å²) < 4.78 is 6.58. The molecule has 16 heavy (non-hydrogen) atoms. The predicted molar refractivity (Wildman–Crippen MR) is 64.3 cm³/mol. The first kappa shape index (κ1) is 10.3. The first-order valence-corrected chi connectivity index (χ1v) is 6.19. The van der Waals surface area contributed by atoms with Crippen molar-refractivity contribution >= 4 is 27.6 Å². The van der Waals surface area contributed by atoms with Crippen LogP contribution >= 0.6 is 15.9 Å². The molecule has 0 amide bonds. The zero-order valence-electron chi connectivity index (χ0n) is 8.77. The van der Waals surface area contributed by atoms with Gasteiger partial charge in [0.15, 0.2) is 0 Å². The Morgan fingerprint density at radius 3 is 2.69 bits per heavy atom. The lowest BCUT2D eigenvalue weighted by molar-refractivity contribution is 0.0302. The van der Waals surface area contributed by atoms with Crippen LogP contribution in [0.2, 0.25) is 0 Å². The third-order valence-electron chi connectivity index (χ3n) is 3.14. The largest absolute Gasteiger partial charge is 0.383 e. The smallest absolute Gasteiger partial charge is 0.148 e. The molecule has 86 valence electrons. The molecule has 0 radical (unpaired) electrons. The van der Waals surface area contributed by atoms with Gasteiger partial charge in [0, 0.05) is 13.1 Å². The molecule has 2 aliphatic rings. The fraction of sp³-hybridized carbons (Fsp3) is 0.600. The van der Waals surface area contributed by atoms with Crippen LogP contribution in [0.15, 0.2) is 10.8 Å². The molecule has 2 bridgehead atoms. The highest BCUT2D eigenvalue weighted by Crippen LogP contribution is 2.33. The fourth-order valence-corrected chi connectivity index (χ4v) is 2.84. The summed E-state index contributed by atoms with van der Waals surface area (Å²) in [5, 5.41) is 0. The van der Waals surface area contributed by atoms with Gasteiger partial charge in [0.2, 0.25) is 0 Å². The van der Waals surface area contributed by atoms with Crippen molar-refractivity contribution in [3.63, 3.8) is 0 Å². The van der Waals surface area contributed by atoms with E-state index in [1.165, 1.54) is 6.33 Å². The van der Waals surface area contributed by atoms with Crippen molar-refractivity contribution in [3.8, 4) is 0 Å². The Labute approximate surface area is 102 Å². The molecule has 5 nitrogen and oxygen atoms in total. The Kier molecular flexibility index (Phi) is 2.48. The van der Waals surface area contributed by atoms with Gasteiger partial charge >= 0.3 is 0 Å². The number of aromatic nitrogens is 2. The van der Waals surface area contributed by atoms with Crippen LogP contribution in [0.1, 0.15) is 12.8 Å². The minimum absolute atomic E-state index is 0.349. The number of hydrogen-bond donors (Lipinski definition) is 1. The maximum atomic E-state index is 5.79. The van der Waals surface area contributed by atoms with Crippen LogP contribution in [0.3, 0.4) is 0 Å². The lowest BCUT2D eigenvalue weighted by Gasteiger charge is -2.33. The van der Waals surface area contributed by atoms with Crippen LogP contribution in [0.5, 0.6) is 0 Å². The van der Waals surface area contributed by atoms with Crippen molar-refractivity contribution in [3.05, 3.63) is 10.8 Å². The van der Waals surface area contributed by atoms with Crippen molar-refractivity contribution in [2.24, 2.45) is 0 Å². The van der Waals surface area contributed by atoms with Gasteiger partial charge in [-0.05, 0) is 28.8 Å². The van der Waals surface area contributed by atoms with Crippen LogP contribution in [-0.4, -0.2) is 35.3 Å². The van der Waals surface area contributed by atoms with Gasteiger partial charge in [0.25, 0.3) is 0 Å². The molecule has 0 aromatic carbocycles. The van der Waals surface area contributed by atoms with Crippen molar-refractivity contribution in [2.45, 2.75) is 25.0 Å². The molecular formula is C10H13BrN4O. The van der Waals surface area contributed by atoms with Crippen molar-refractivity contribution in [1.82, 2.24) is 9.97 Å². The minimum atomic E-state index is 0.349. The van der Waals surface area contributed by atoms with Gasteiger partial charge < -0.3 is 15.4 Å². The van der Waals surface area contributed by atoms with E-state index in [4.69, 9.17) is 10.5 Å². The number of halogens is 1. The first-order valence-electron chi connectivity index (χ1n) is 5.40. The van der Waals surface area contributed by atoms with E-state index in [0.717, 1.165) is 36.2 Å². The highest BCUT2D eigenvalue weighted by atomic mass is 79.9. The maximum absolute atomic E-state index is 5.79. The monoisotopic (exact) mass is 284 g/mol.